The highest BCUT2D eigenvalue weighted by Crippen LogP contribution is 2.36. The van der Waals surface area contributed by atoms with Crippen molar-refractivity contribution in [1.29, 1.82) is 5.26 Å². The summed E-state index contributed by atoms with van der Waals surface area (Å²) in [5.41, 5.74) is 1.57. The normalized spacial score (nSPS) is 16.5. The van der Waals surface area contributed by atoms with Crippen LogP contribution in [0.4, 0.5) is 13.2 Å². The number of pyridine rings is 1. The molecule has 2 atom stereocenters. The van der Waals surface area contributed by atoms with E-state index in [2.05, 4.69) is 21.7 Å². The summed E-state index contributed by atoms with van der Waals surface area (Å²) < 4.78 is 42.4. The van der Waals surface area contributed by atoms with Crippen LogP contribution >= 0.6 is 0 Å². The Labute approximate surface area is 202 Å². The number of hydrogen-bond acceptors (Lipinski definition) is 4. The molecule has 2 N–H and O–H groups in total. The van der Waals surface area contributed by atoms with Gasteiger partial charge in [-0.05, 0) is 60.1 Å². The summed E-state index contributed by atoms with van der Waals surface area (Å²) in [6.07, 6.45) is -1.67. The Morgan fingerprint density at radius 3 is 2.40 bits per heavy atom. The van der Waals surface area contributed by atoms with Gasteiger partial charge in [-0.2, -0.15) is 18.4 Å². The van der Waals surface area contributed by atoms with Gasteiger partial charge >= 0.3 is 6.18 Å². The van der Waals surface area contributed by atoms with Gasteiger partial charge in [0.15, 0.2) is 0 Å². The van der Waals surface area contributed by atoms with Gasteiger partial charge in [0.05, 0.1) is 17.6 Å². The summed E-state index contributed by atoms with van der Waals surface area (Å²) in [5, 5.41) is 15.4. The zero-order valence-electron chi connectivity index (χ0n) is 19.6. The number of hydrogen-bond donors (Lipinski definition) is 2. The van der Waals surface area contributed by atoms with Gasteiger partial charge in [0, 0.05) is 11.6 Å². The van der Waals surface area contributed by atoms with Gasteiger partial charge in [-0.1, -0.05) is 50.2 Å². The second-order valence-corrected chi connectivity index (χ2v) is 9.54. The fourth-order valence-corrected chi connectivity index (χ4v) is 4.14. The number of carbonyl (C=O) groups is 1. The fourth-order valence-electron chi connectivity index (χ4n) is 4.14. The van der Waals surface area contributed by atoms with Crippen molar-refractivity contribution in [1.82, 2.24) is 15.6 Å². The van der Waals surface area contributed by atoms with Crippen molar-refractivity contribution >= 4 is 16.8 Å². The van der Waals surface area contributed by atoms with E-state index in [9.17, 15) is 23.2 Å². The molecule has 1 fully saturated rings. The Hall–Kier alpha value is -3.44. The van der Waals surface area contributed by atoms with E-state index in [0.29, 0.717) is 12.8 Å². The summed E-state index contributed by atoms with van der Waals surface area (Å²) in [5.74, 6) is -0.595. The number of nitrogens with zero attached hydrogens (tertiary/aromatic N) is 2. The number of halogens is 3. The van der Waals surface area contributed by atoms with Crippen molar-refractivity contribution in [3.8, 4) is 17.2 Å². The largest absolute Gasteiger partial charge is 0.407 e. The van der Waals surface area contributed by atoms with E-state index in [1.54, 1.807) is 18.3 Å². The molecule has 2 aromatic carbocycles. The van der Waals surface area contributed by atoms with Crippen molar-refractivity contribution in [3.63, 3.8) is 0 Å². The van der Waals surface area contributed by atoms with Crippen LogP contribution in [0.15, 0.2) is 60.8 Å². The maximum Gasteiger partial charge on any atom is 0.407 e. The van der Waals surface area contributed by atoms with Gasteiger partial charge in [0.2, 0.25) is 5.91 Å². The van der Waals surface area contributed by atoms with Crippen molar-refractivity contribution in [2.75, 3.05) is 0 Å². The van der Waals surface area contributed by atoms with Gasteiger partial charge in [-0.15, -0.1) is 0 Å². The second kappa shape index (κ2) is 9.67. The molecule has 0 radical (unpaired) electrons. The van der Waals surface area contributed by atoms with Crippen molar-refractivity contribution in [2.45, 2.75) is 56.9 Å². The first kappa shape index (κ1) is 24.7. The third-order valence-corrected chi connectivity index (χ3v) is 6.23. The molecule has 1 aromatic heterocycles. The highest BCUT2D eigenvalue weighted by atomic mass is 19.4. The molecule has 4 rings (SSSR count). The van der Waals surface area contributed by atoms with Gasteiger partial charge in [0.25, 0.3) is 0 Å². The first-order chi connectivity index (χ1) is 16.6. The molecule has 0 bridgehead atoms. The lowest BCUT2D eigenvalue weighted by molar-refractivity contribution is -0.161. The molecule has 3 aromatic rings. The SMILES string of the molecule is CC(C)C[C@H](N[C@@H](c1ccc(-c2ccc3ncccc3c2)cc1)C(F)(F)F)C(=O)NC1(C#N)CC1. The minimum absolute atomic E-state index is 0.0193. The van der Waals surface area contributed by atoms with E-state index < -0.39 is 29.7 Å². The van der Waals surface area contributed by atoms with Crippen LogP contribution in [-0.2, 0) is 4.79 Å². The Bertz CT molecular complexity index is 1240. The van der Waals surface area contributed by atoms with Crippen molar-refractivity contribution in [2.24, 2.45) is 5.92 Å². The molecular weight excluding hydrogens is 453 g/mol. The number of carbonyl (C=O) groups excluding carboxylic acids is 1. The quantitative estimate of drug-likeness (QED) is 0.435. The highest BCUT2D eigenvalue weighted by Gasteiger charge is 2.47. The number of nitriles is 1. The molecule has 1 saturated carbocycles. The average Bonchev–Trinajstić information content (AvgIpc) is 3.60. The van der Waals surface area contributed by atoms with Crippen LogP contribution in [-0.4, -0.2) is 28.6 Å². The lowest BCUT2D eigenvalue weighted by atomic mass is 9.97. The Morgan fingerprint density at radius 1 is 1.11 bits per heavy atom. The number of benzene rings is 2. The average molecular weight is 481 g/mol. The Morgan fingerprint density at radius 2 is 1.80 bits per heavy atom. The first-order valence-corrected chi connectivity index (χ1v) is 11.6. The molecule has 1 amide bonds. The summed E-state index contributed by atoms with van der Waals surface area (Å²) in [7, 11) is 0. The molecule has 5 nitrogen and oxygen atoms in total. The van der Waals surface area contributed by atoms with Gasteiger partial charge in [-0.3, -0.25) is 15.1 Å². The lowest BCUT2D eigenvalue weighted by Crippen LogP contribution is -2.52. The van der Waals surface area contributed by atoms with E-state index in [0.717, 1.165) is 22.0 Å². The first-order valence-electron chi connectivity index (χ1n) is 11.6. The number of fused-ring (bicyclic) bond motifs is 1. The van der Waals surface area contributed by atoms with Crippen LogP contribution in [0.5, 0.6) is 0 Å². The molecule has 1 aliphatic rings. The van der Waals surface area contributed by atoms with E-state index in [4.69, 9.17) is 0 Å². The standard InChI is InChI=1S/C27H27F3N4O/c1-17(2)14-23(25(35)34-26(16-31)11-12-26)33-24(27(28,29)30)19-7-5-18(6-8-19)20-9-10-22-21(15-20)4-3-13-32-22/h3-10,13,15,17,23-24,33H,11-12,14H2,1-2H3,(H,34,35)/t23-,24-/m0/s1. The third kappa shape index (κ3) is 5.80. The Kier molecular flexibility index (Phi) is 6.82. The number of rotatable bonds is 8. The van der Waals surface area contributed by atoms with Gasteiger partial charge < -0.3 is 5.32 Å². The molecule has 0 unspecified atom stereocenters. The zero-order valence-corrected chi connectivity index (χ0v) is 19.6. The van der Waals surface area contributed by atoms with E-state index >= 15 is 0 Å². The predicted octanol–water partition coefficient (Wildman–Crippen LogP) is 5.68. The van der Waals surface area contributed by atoms with Crippen LogP contribution in [0.3, 0.4) is 0 Å². The second-order valence-electron chi connectivity index (χ2n) is 9.54. The molecular formula is C27H27F3N4O. The van der Waals surface area contributed by atoms with Crippen LogP contribution in [0.2, 0.25) is 0 Å². The van der Waals surface area contributed by atoms with Crippen LogP contribution < -0.4 is 10.6 Å². The smallest absolute Gasteiger partial charge is 0.336 e. The molecule has 0 aliphatic heterocycles. The maximum absolute atomic E-state index is 14.1. The topological polar surface area (TPSA) is 77.8 Å². The minimum Gasteiger partial charge on any atom is -0.336 e. The molecule has 1 aliphatic carbocycles. The molecule has 35 heavy (non-hydrogen) atoms. The maximum atomic E-state index is 14.1. The fraction of sp³-hybridized carbons (Fsp3) is 0.370. The third-order valence-electron chi connectivity index (χ3n) is 6.23. The Balaban J connectivity index is 1.58. The van der Waals surface area contributed by atoms with E-state index in [-0.39, 0.29) is 17.9 Å². The van der Waals surface area contributed by atoms with Crippen LogP contribution in [0.1, 0.15) is 44.7 Å². The summed E-state index contributed by atoms with van der Waals surface area (Å²) >= 11 is 0. The molecule has 182 valence electrons. The van der Waals surface area contributed by atoms with E-state index in [1.807, 2.05) is 44.2 Å². The van der Waals surface area contributed by atoms with Crippen LogP contribution in [0.25, 0.3) is 22.0 Å². The van der Waals surface area contributed by atoms with E-state index in [1.165, 1.54) is 12.1 Å². The summed E-state index contributed by atoms with van der Waals surface area (Å²) in [4.78, 5) is 17.1. The summed E-state index contributed by atoms with van der Waals surface area (Å²) in [6.45, 7) is 3.69. The molecule has 1 heterocycles. The zero-order chi connectivity index (χ0) is 25.2. The molecule has 8 heteroatoms. The number of alkyl halides is 3. The molecule has 0 saturated heterocycles. The van der Waals surface area contributed by atoms with Gasteiger partial charge in [-0.25, -0.2) is 0 Å². The summed E-state index contributed by atoms with van der Waals surface area (Å²) in [6, 6.07) is 14.6. The number of aromatic nitrogens is 1. The minimum atomic E-state index is -4.61. The lowest BCUT2D eigenvalue weighted by Gasteiger charge is -2.29. The number of nitrogens with one attached hydrogen (secondary N) is 2. The van der Waals surface area contributed by atoms with Gasteiger partial charge in [0.1, 0.15) is 11.6 Å². The molecule has 0 spiro atoms. The monoisotopic (exact) mass is 480 g/mol. The van der Waals surface area contributed by atoms with Crippen LogP contribution in [0, 0.1) is 17.2 Å². The van der Waals surface area contributed by atoms with Crippen molar-refractivity contribution in [3.05, 3.63) is 66.4 Å². The highest BCUT2D eigenvalue weighted by molar-refractivity contribution is 5.84. The number of amides is 1. The predicted molar refractivity (Wildman–Crippen MR) is 128 cm³/mol. The van der Waals surface area contributed by atoms with Crippen molar-refractivity contribution < 1.29 is 18.0 Å².